The van der Waals surface area contributed by atoms with Crippen molar-refractivity contribution in [3.05, 3.63) is 29.8 Å². The first kappa shape index (κ1) is 11.2. The molecule has 1 atom stereocenters. The van der Waals surface area contributed by atoms with Crippen molar-refractivity contribution in [2.75, 3.05) is 6.54 Å². The molecule has 0 aromatic heterocycles. The quantitative estimate of drug-likeness (QED) is 0.742. The predicted octanol–water partition coefficient (Wildman–Crippen LogP) is 0.0122. The minimum Gasteiger partial charge on any atom is -0.328 e. The van der Waals surface area contributed by atoms with E-state index in [0.29, 0.717) is 0 Å². The Labute approximate surface area is 83.8 Å². The lowest BCUT2D eigenvalue weighted by Crippen LogP contribution is -2.37. The van der Waals surface area contributed by atoms with Gasteiger partial charge in [0, 0.05) is 6.54 Å². The summed E-state index contributed by atoms with van der Waals surface area (Å²) in [7, 11) is -3.45. The van der Waals surface area contributed by atoms with Gasteiger partial charge in [0.15, 0.2) is 9.84 Å². The van der Waals surface area contributed by atoms with Gasteiger partial charge in [0.1, 0.15) is 5.37 Å². The lowest BCUT2D eigenvalue weighted by Gasteiger charge is -2.10. The molecule has 78 valence electrons. The Morgan fingerprint density at radius 1 is 1.29 bits per heavy atom. The van der Waals surface area contributed by atoms with Crippen LogP contribution in [0.2, 0.25) is 0 Å². The van der Waals surface area contributed by atoms with Crippen LogP contribution in [0.3, 0.4) is 0 Å². The maximum Gasteiger partial charge on any atom is 0.195 e. The van der Waals surface area contributed by atoms with Gasteiger partial charge in [-0.2, -0.15) is 0 Å². The van der Waals surface area contributed by atoms with Crippen LogP contribution < -0.4 is 11.5 Å². The summed E-state index contributed by atoms with van der Waals surface area (Å²) in [4.78, 5) is 0.223. The second-order valence-corrected chi connectivity index (χ2v) is 5.30. The summed E-state index contributed by atoms with van der Waals surface area (Å²) >= 11 is 0. The van der Waals surface area contributed by atoms with Gasteiger partial charge in [-0.15, -0.1) is 0 Å². The third kappa shape index (κ3) is 2.12. The van der Waals surface area contributed by atoms with Crippen LogP contribution in [0.5, 0.6) is 0 Å². The summed E-state index contributed by atoms with van der Waals surface area (Å²) in [6.07, 6.45) is 0. The number of benzene rings is 1. The van der Waals surface area contributed by atoms with Gasteiger partial charge in [0.25, 0.3) is 0 Å². The van der Waals surface area contributed by atoms with E-state index in [1.165, 1.54) is 0 Å². The Morgan fingerprint density at radius 2 is 1.79 bits per heavy atom. The fourth-order valence-corrected chi connectivity index (χ4v) is 2.15. The molecule has 1 rings (SSSR count). The van der Waals surface area contributed by atoms with Gasteiger partial charge in [0.2, 0.25) is 0 Å². The highest BCUT2D eigenvalue weighted by Gasteiger charge is 2.21. The first-order chi connectivity index (χ1) is 6.48. The Balaban J connectivity index is 3.11. The summed E-state index contributed by atoms with van der Waals surface area (Å²) in [6.45, 7) is 1.81. The van der Waals surface area contributed by atoms with Gasteiger partial charge in [-0.25, -0.2) is 8.42 Å². The number of aryl methyl sites for hydroxylation is 1. The molecule has 0 saturated heterocycles. The number of hydrogen-bond donors (Lipinski definition) is 2. The summed E-state index contributed by atoms with van der Waals surface area (Å²) in [5.41, 5.74) is 11.6. The zero-order valence-corrected chi connectivity index (χ0v) is 8.79. The average molecular weight is 214 g/mol. The topological polar surface area (TPSA) is 86.2 Å². The van der Waals surface area contributed by atoms with E-state index >= 15 is 0 Å². The molecule has 0 heterocycles. The molecule has 0 fully saturated rings. The van der Waals surface area contributed by atoms with Crippen molar-refractivity contribution in [1.82, 2.24) is 0 Å². The third-order valence-electron chi connectivity index (χ3n) is 1.98. The Morgan fingerprint density at radius 3 is 2.21 bits per heavy atom. The van der Waals surface area contributed by atoms with Gasteiger partial charge >= 0.3 is 0 Å². The number of hydrogen-bond acceptors (Lipinski definition) is 4. The molecule has 4 nitrogen and oxygen atoms in total. The van der Waals surface area contributed by atoms with Crippen LogP contribution in [-0.4, -0.2) is 20.3 Å². The molecule has 14 heavy (non-hydrogen) atoms. The van der Waals surface area contributed by atoms with Crippen LogP contribution >= 0.6 is 0 Å². The highest BCUT2D eigenvalue weighted by atomic mass is 32.2. The second-order valence-electron chi connectivity index (χ2n) is 3.13. The van der Waals surface area contributed by atoms with Crippen LogP contribution in [0, 0.1) is 6.92 Å². The van der Waals surface area contributed by atoms with E-state index in [4.69, 9.17) is 11.5 Å². The molecule has 5 heteroatoms. The largest absolute Gasteiger partial charge is 0.328 e. The summed E-state index contributed by atoms with van der Waals surface area (Å²) in [5.74, 6) is 0. The lowest BCUT2D eigenvalue weighted by molar-refractivity contribution is 0.581. The number of rotatable bonds is 3. The van der Waals surface area contributed by atoms with Crippen LogP contribution in [0.1, 0.15) is 5.56 Å². The van der Waals surface area contributed by atoms with Crippen molar-refractivity contribution >= 4 is 9.84 Å². The fourth-order valence-electron chi connectivity index (χ4n) is 1.03. The van der Waals surface area contributed by atoms with Gasteiger partial charge in [-0.3, -0.25) is 0 Å². The zero-order chi connectivity index (χ0) is 10.8. The minimum atomic E-state index is -3.45. The molecule has 0 unspecified atom stereocenters. The Bertz CT molecular complexity index is 397. The van der Waals surface area contributed by atoms with E-state index in [2.05, 4.69) is 0 Å². The maximum atomic E-state index is 11.7. The minimum absolute atomic E-state index is 0.0732. The van der Waals surface area contributed by atoms with Crippen molar-refractivity contribution in [2.24, 2.45) is 11.5 Å². The van der Waals surface area contributed by atoms with Crippen molar-refractivity contribution < 1.29 is 8.42 Å². The molecular formula is C9H14N2O2S. The fraction of sp³-hybridized carbons (Fsp3) is 0.333. The van der Waals surface area contributed by atoms with Crippen LogP contribution in [0.4, 0.5) is 0 Å². The molecule has 0 bridgehead atoms. The third-order valence-corrected chi connectivity index (χ3v) is 3.90. The summed E-state index contributed by atoms with van der Waals surface area (Å²) < 4.78 is 23.3. The molecule has 0 spiro atoms. The molecule has 1 aromatic rings. The highest BCUT2D eigenvalue weighted by Crippen LogP contribution is 2.13. The Hall–Kier alpha value is -0.910. The zero-order valence-electron chi connectivity index (χ0n) is 7.97. The van der Waals surface area contributed by atoms with Gasteiger partial charge in [0.05, 0.1) is 4.90 Å². The molecule has 0 amide bonds. The van der Waals surface area contributed by atoms with Crippen molar-refractivity contribution in [3.63, 3.8) is 0 Å². The Kier molecular flexibility index (Phi) is 3.25. The normalized spacial score (nSPS) is 13.9. The average Bonchev–Trinajstić information content (AvgIpc) is 2.17. The second kappa shape index (κ2) is 4.08. The van der Waals surface area contributed by atoms with E-state index in [1.807, 2.05) is 6.92 Å². The SMILES string of the molecule is Cc1ccc(S(=O)(=O)[C@@H](N)CN)cc1. The van der Waals surface area contributed by atoms with Crippen molar-refractivity contribution in [2.45, 2.75) is 17.2 Å². The summed E-state index contributed by atoms with van der Waals surface area (Å²) in [5, 5.41) is -1.02. The standard InChI is InChI=1S/C9H14N2O2S/c1-7-2-4-8(5-3-7)14(12,13)9(11)6-10/h2-5,9H,6,10-11H2,1H3/t9-/m1/s1. The number of sulfone groups is 1. The molecule has 0 aliphatic heterocycles. The van der Waals surface area contributed by atoms with Crippen LogP contribution in [0.15, 0.2) is 29.2 Å². The van der Waals surface area contributed by atoms with Crippen LogP contribution in [0.25, 0.3) is 0 Å². The van der Waals surface area contributed by atoms with Gasteiger partial charge in [-0.1, -0.05) is 17.7 Å². The van der Waals surface area contributed by atoms with Crippen LogP contribution in [-0.2, 0) is 9.84 Å². The highest BCUT2D eigenvalue weighted by molar-refractivity contribution is 7.92. The lowest BCUT2D eigenvalue weighted by atomic mass is 10.2. The maximum absolute atomic E-state index is 11.7. The smallest absolute Gasteiger partial charge is 0.195 e. The first-order valence-electron chi connectivity index (χ1n) is 4.24. The molecule has 0 saturated carbocycles. The van der Waals surface area contributed by atoms with Crippen molar-refractivity contribution in [1.29, 1.82) is 0 Å². The van der Waals surface area contributed by atoms with E-state index in [1.54, 1.807) is 24.3 Å². The monoisotopic (exact) mass is 214 g/mol. The molecular weight excluding hydrogens is 200 g/mol. The molecule has 0 aliphatic rings. The molecule has 0 aliphatic carbocycles. The number of nitrogens with two attached hydrogens (primary N) is 2. The van der Waals surface area contributed by atoms with Crippen molar-refractivity contribution in [3.8, 4) is 0 Å². The van der Waals surface area contributed by atoms with E-state index < -0.39 is 15.2 Å². The van der Waals surface area contributed by atoms with Gasteiger partial charge in [-0.05, 0) is 19.1 Å². The molecule has 0 radical (unpaired) electrons. The van der Waals surface area contributed by atoms with Gasteiger partial charge < -0.3 is 11.5 Å². The molecule has 1 aromatic carbocycles. The first-order valence-corrected chi connectivity index (χ1v) is 5.79. The van der Waals surface area contributed by atoms with E-state index in [9.17, 15) is 8.42 Å². The van der Waals surface area contributed by atoms with E-state index in [-0.39, 0.29) is 11.4 Å². The molecule has 4 N–H and O–H groups in total. The summed E-state index contributed by atoms with van der Waals surface area (Å²) in [6, 6.07) is 6.55. The predicted molar refractivity (Wildman–Crippen MR) is 55.4 cm³/mol. The van der Waals surface area contributed by atoms with E-state index in [0.717, 1.165) is 5.56 Å².